The smallest absolute Gasteiger partial charge is 0.0468 e. The molecular formula is C46H31N. The van der Waals surface area contributed by atoms with Crippen LogP contribution in [0.15, 0.2) is 164 Å². The first-order valence-corrected chi connectivity index (χ1v) is 16.6. The van der Waals surface area contributed by atoms with Gasteiger partial charge < -0.3 is 4.90 Å². The van der Waals surface area contributed by atoms with Crippen LogP contribution < -0.4 is 4.90 Å². The molecule has 3 aliphatic rings. The molecule has 0 N–H and O–H groups in total. The summed E-state index contributed by atoms with van der Waals surface area (Å²) >= 11 is 0. The third-order valence-corrected chi connectivity index (χ3v) is 10.2. The predicted molar refractivity (Wildman–Crippen MR) is 199 cm³/mol. The molecule has 0 amide bonds. The molecule has 0 unspecified atom stereocenters. The van der Waals surface area contributed by atoms with Crippen LogP contribution in [0.25, 0.3) is 60.9 Å². The molecule has 3 aliphatic carbocycles. The minimum absolute atomic E-state index is 1.07. The minimum atomic E-state index is 1.07. The van der Waals surface area contributed by atoms with Crippen LogP contribution in [0.5, 0.6) is 0 Å². The van der Waals surface area contributed by atoms with E-state index >= 15 is 0 Å². The van der Waals surface area contributed by atoms with Gasteiger partial charge in [0.2, 0.25) is 0 Å². The van der Waals surface area contributed by atoms with Crippen LogP contribution in [-0.2, 0) is 0 Å². The van der Waals surface area contributed by atoms with E-state index in [0.29, 0.717) is 0 Å². The quantitative estimate of drug-likeness (QED) is 0.195. The Morgan fingerprint density at radius 2 is 1.09 bits per heavy atom. The third-order valence-electron chi connectivity index (χ3n) is 10.2. The summed E-state index contributed by atoms with van der Waals surface area (Å²) in [6.45, 7) is 0. The molecule has 0 saturated carbocycles. The molecule has 0 aromatic heterocycles. The Morgan fingerprint density at radius 1 is 0.404 bits per heavy atom. The first-order valence-electron chi connectivity index (χ1n) is 16.6. The van der Waals surface area contributed by atoms with Crippen molar-refractivity contribution in [3.8, 4) is 33.4 Å². The van der Waals surface area contributed by atoms with Crippen molar-refractivity contribution in [2.24, 2.45) is 0 Å². The summed E-state index contributed by atoms with van der Waals surface area (Å²) in [5, 5.41) is 2.53. The molecular weight excluding hydrogens is 567 g/mol. The zero-order valence-electron chi connectivity index (χ0n) is 25.9. The van der Waals surface area contributed by atoms with E-state index in [1.165, 1.54) is 77.6 Å². The fourth-order valence-electron chi connectivity index (χ4n) is 8.14. The van der Waals surface area contributed by atoms with Gasteiger partial charge in [-0.15, -0.1) is 0 Å². The molecule has 47 heavy (non-hydrogen) atoms. The van der Waals surface area contributed by atoms with Gasteiger partial charge in [0.15, 0.2) is 0 Å². The number of hydrogen-bond acceptors (Lipinski definition) is 1. The number of hydrogen-bond donors (Lipinski definition) is 0. The molecule has 0 radical (unpaired) electrons. The Bertz CT molecular complexity index is 2440. The topological polar surface area (TPSA) is 3.24 Å². The molecule has 7 aromatic carbocycles. The third kappa shape index (κ3) is 4.03. The Kier molecular flexibility index (Phi) is 5.77. The van der Waals surface area contributed by atoms with Crippen LogP contribution in [0.1, 0.15) is 29.5 Å². The lowest BCUT2D eigenvalue weighted by molar-refractivity contribution is 1.06. The predicted octanol–water partition coefficient (Wildman–Crippen LogP) is 12.7. The molecule has 6 bridgehead atoms. The number of rotatable bonds is 4. The summed E-state index contributed by atoms with van der Waals surface area (Å²) in [6, 6.07) is 58.2. The second-order valence-corrected chi connectivity index (χ2v) is 12.8. The lowest BCUT2D eigenvalue weighted by Gasteiger charge is -2.28. The maximum Gasteiger partial charge on any atom is 0.0468 e. The second-order valence-electron chi connectivity index (χ2n) is 12.8. The van der Waals surface area contributed by atoms with Crippen LogP contribution >= 0.6 is 0 Å². The maximum absolute atomic E-state index is 2.48. The molecule has 0 aliphatic heterocycles. The average Bonchev–Trinajstić information content (AvgIpc) is 3.25. The Hall–Kier alpha value is -5.92. The van der Waals surface area contributed by atoms with E-state index < -0.39 is 0 Å². The number of benzene rings is 7. The fraction of sp³-hybridized carbons (Fsp3) is 0.0435. The van der Waals surface area contributed by atoms with Gasteiger partial charge in [0.05, 0.1) is 0 Å². The first-order chi connectivity index (χ1) is 23.3. The van der Waals surface area contributed by atoms with Gasteiger partial charge in [-0.1, -0.05) is 121 Å². The van der Waals surface area contributed by atoms with Crippen molar-refractivity contribution in [1.82, 2.24) is 0 Å². The molecule has 0 atom stereocenters. The van der Waals surface area contributed by atoms with Gasteiger partial charge in [-0.3, -0.25) is 0 Å². The highest BCUT2D eigenvalue weighted by atomic mass is 15.1. The summed E-state index contributed by atoms with van der Waals surface area (Å²) in [5.41, 5.74) is 19.6. The number of para-hydroxylation sites is 1. The highest BCUT2D eigenvalue weighted by Crippen LogP contribution is 2.57. The molecule has 0 heterocycles. The number of allylic oxidation sites excluding steroid dienone is 4. The summed E-state index contributed by atoms with van der Waals surface area (Å²) in [4.78, 5) is 2.40. The SMILES string of the molecule is C1=C2C3=C(CC1)c1cccc(c1-c1cc(N(c4ccccc4)c4ccc(-c5ccc6ccccc6c5)cc4)ccc12)-c1ccccc13. The van der Waals surface area contributed by atoms with Gasteiger partial charge in [-0.25, -0.2) is 0 Å². The molecule has 1 nitrogen and oxygen atoms in total. The number of anilines is 3. The van der Waals surface area contributed by atoms with Crippen LogP contribution in [0.2, 0.25) is 0 Å². The highest BCUT2D eigenvalue weighted by Gasteiger charge is 2.34. The van der Waals surface area contributed by atoms with Crippen LogP contribution in [0.4, 0.5) is 17.1 Å². The Labute approximate surface area is 275 Å². The average molecular weight is 598 g/mol. The van der Waals surface area contributed by atoms with Crippen molar-refractivity contribution in [2.45, 2.75) is 12.8 Å². The van der Waals surface area contributed by atoms with Gasteiger partial charge in [0.25, 0.3) is 0 Å². The standard InChI is InChI=1S/C46H31N/c1-2-12-34(13-3-1)47(35-24-22-31(23-25-35)33-21-20-30-10-4-5-11-32(30)28-33)36-26-27-38-41-17-9-18-42-43-19-8-16-40(46(43)44(38)29-36)37-14-6-7-15-39(37)45(41)42/h1-8,10-17,19-29H,9,18H2. The lowest BCUT2D eigenvalue weighted by Crippen LogP contribution is -2.10. The van der Waals surface area contributed by atoms with Gasteiger partial charge in [-0.05, 0) is 133 Å². The van der Waals surface area contributed by atoms with E-state index in [-0.39, 0.29) is 0 Å². The van der Waals surface area contributed by atoms with Gasteiger partial charge in [0.1, 0.15) is 0 Å². The summed E-state index contributed by atoms with van der Waals surface area (Å²) in [6.07, 6.45) is 4.62. The van der Waals surface area contributed by atoms with Crippen molar-refractivity contribution in [1.29, 1.82) is 0 Å². The normalized spacial score (nSPS) is 13.8. The van der Waals surface area contributed by atoms with E-state index in [0.717, 1.165) is 29.9 Å². The summed E-state index contributed by atoms with van der Waals surface area (Å²) in [5.74, 6) is 0. The second kappa shape index (κ2) is 10.3. The maximum atomic E-state index is 2.48. The van der Waals surface area contributed by atoms with E-state index in [2.05, 4.69) is 169 Å². The zero-order chi connectivity index (χ0) is 30.9. The number of fused-ring (bicyclic) bond motifs is 5. The molecule has 1 heteroatoms. The zero-order valence-corrected chi connectivity index (χ0v) is 25.9. The van der Waals surface area contributed by atoms with Crippen LogP contribution in [0.3, 0.4) is 0 Å². The lowest BCUT2D eigenvalue weighted by atomic mass is 9.79. The molecule has 10 rings (SSSR count). The van der Waals surface area contributed by atoms with E-state index in [1.807, 2.05) is 0 Å². The largest absolute Gasteiger partial charge is 0.310 e. The van der Waals surface area contributed by atoms with Crippen LogP contribution in [-0.4, -0.2) is 0 Å². The van der Waals surface area contributed by atoms with Crippen molar-refractivity contribution in [2.75, 3.05) is 4.90 Å². The number of nitrogens with zero attached hydrogens (tertiary/aromatic N) is 1. The van der Waals surface area contributed by atoms with Crippen molar-refractivity contribution in [3.63, 3.8) is 0 Å². The van der Waals surface area contributed by atoms with Gasteiger partial charge >= 0.3 is 0 Å². The molecule has 220 valence electrons. The van der Waals surface area contributed by atoms with Crippen LogP contribution in [0, 0.1) is 0 Å². The monoisotopic (exact) mass is 597 g/mol. The Morgan fingerprint density at radius 3 is 1.96 bits per heavy atom. The molecule has 0 fully saturated rings. The van der Waals surface area contributed by atoms with E-state index in [1.54, 1.807) is 0 Å². The molecule has 7 aromatic rings. The van der Waals surface area contributed by atoms with Gasteiger partial charge in [-0.2, -0.15) is 0 Å². The first kappa shape index (κ1) is 26.3. The Balaban J connectivity index is 1.15. The van der Waals surface area contributed by atoms with Crippen molar-refractivity contribution >= 4 is 44.6 Å². The highest BCUT2D eigenvalue weighted by molar-refractivity contribution is 6.25. The van der Waals surface area contributed by atoms with E-state index in [4.69, 9.17) is 0 Å². The minimum Gasteiger partial charge on any atom is -0.310 e. The summed E-state index contributed by atoms with van der Waals surface area (Å²) < 4.78 is 0. The fourth-order valence-corrected chi connectivity index (χ4v) is 8.14. The van der Waals surface area contributed by atoms with Gasteiger partial charge in [0, 0.05) is 17.1 Å². The van der Waals surface area contributed by atoms with Crippen molar-refractivity contribution in [3.05, 3.63) is 180 Å². The van der Waals surface area contributed by atoms with Crippen molar-refractivity contribution < 1.29 is 0 Å². The molecule has 0 spiro atoms. The summed E-state index contributed by atoms with van der Waals surface area (Å²) in [7, 11) is 0. The van der Waals surface area contributed by atoms with E-state index in [9.17, 15) is 0 Å². The molecule has 0 saturated heterocycles.